The van der Waals surface area contributed by atoms with Crippen LogP contribution in [0.15, 0.2) is 48.7 Å². The van der Waals surface area contributed by atoms with Gasteiger partial charge in [-0.1, -0.05) is 24.3 Å². The van der Waals surface area contributed by atoms with Crippen molar-refractivity contribution in [2.24, 2.45) is 0 Å². The van der Waals surface area contributed by atoms with E-state index in [0.29, 0.717) is 12.0 Å². The summed E-state index contributed by atoms with van der Waals surface area (Å²) in [6.07, 6.45) is 2.31. The van der Waals surface area contributed by atoms with Crippen LogP contribution in [0, 0.1) is 0 Å². The number of aromatic nitrogens is 1. The fourth-order valence-corrected chi connectivity index (χ4v) is 2.07. The first kappa shape index (κ1) is 14.4. The summed E-state index contributed by atoms with van der Waals surface area (Å²) in [5, 5.41) is 3.12. The summed E-state index contributed by atoms with van der Waals surface area (Å²) in [5.74, 6) is 0.192. The number of nitrogens with zero attached hydrogens (tertiary/aromatic N) is 1. The molecule has 0 saturated carbocycles. The van der Waals surface area contributed by atoms with Gasteiger partial charge in [-0.05, 0) is 25.2 Å². The van der Waals surface area contributed by atoms with Gasteiger partial charge in [0.1, 0.15) is 5.75 Å². The summed E-state index contributed by atoms with van der Waals surface area (Å²) in [4.78, 5) is 4.25. The molecule has 1 heterocycles. The van der Waals surface area contributed by atoms with Crippen molar-refractivity contribution in [3.63, 3.8) is 0 Å². The van der Waals surface area contributed by atoms with Gasteiger partial charge in [0.25, 0.3) is 0 Å². The van der Waals surface area contributed by atoms with Crippen molar-refractivity contribution in [3.05, 3.63) is 59.9 Å². The van der Waals surface area contributed by atoms with Crippen LogP contribution in [0.1, 0.15) is 17.3 Å². The first-order valence-corrected chi connectivity index (χ1v) is 6.31. The minimum Gasteiger partial charge on any atom is -0.434 e. The lowest BCUT2D eigenvalue weighted by Gasteiger charge is -2.19. The molecule has 2 aromatic rings. The van der Waals surface area contributed by atoms with Crippen LogP contribution in [-0.2, 0) is 6.42 Å². The highest BCUT2D eigenvalue weighted by molar-refractivity contribution is 5.36. The molecule has 1 unspecified atom stereocenters. The van der Waals surface area contributed by atoms with E-state index in [1.54, 1.807) is 37.5 Å². The average Bonchev–Trinajstić information content (AvgIpc) is 2.46. The first-order chi connectivity index (χ1) is 9.70. The van der Waals surface area contributed by atoms with E-state index < -0.39 is 6.61 Å². The first-order valence-electron chi connectivity index (χ1n) is 6.31. The summed E-state index contributed by atoms with van der Waals surface area (Å²) < 4.78 is 29.5. The topological polar surface area (TPSA) is 34.2 Å². The monoisotopic (exact) mass is 278 g/mol. The van der Waals surface area contributed by atoms with Gasteiger partial charge >= 0.3 is 6.61 Å². The largest absolute Gasteiger partial charge is 0.434 e. The van der Waals surface area contributed by atoms with Crippen molar-refractivity contribution in [3.8, 4) is 5.75 Å². The third-order valence-electron chi connectivity index (χ3n) is 3.00. The van der Waals surface area contributed by atoms with Gasteiger partial charge in [-0.2, -0.15) is 8.78 Å². The zero-order valence-electron chi connectivity index (χ0n) is 11.1. The van der Waals surface area contributed by atoms with E-state index in [9.17, 15) is 8.78 Å². The van der Waals surface area contributed by atoms with Gasteiger partial charge in [0.15, 0.2) is 0 Å². The lowest BCUT2D eigenvalue weighted by Crippen LogP contribution is -2.20. The van der Waals surface area contributed by atoms with E-state index in [0.717, 1.165) is 5.69 Å². The van der Waals surface area contributed by atoms with Gasteiger partial charge in [0, 0.05) is 29.9 Å². The zero-order chi connectivity index (χ0) is 14.4. The van der Waals surface area contributed by atoms with Crippen molar-refractivity contribution in [1.82, 2.24) is 10.3 Å². The van der Waals surface area contributed by atoms with Crippen molar-refractivity contribution < 1.29 is 13.5 Å². The molecule has 1 aromatic heterocycles. The molecule has 1 atom stereocenters. The molecule has 1 aromatic carbocycles. The highest BCUT2D eigenvalue weighted by Crippen LogP contribution is 2.28. The Morgan fingerprint density at radius 3 is 2.55 bits per heavy atom. The molecule has 3 nitrogen and oxygen atoms in total. The number of hydrogen-bond acceptors (Lipinski definition) is 3. The summed E-state index contributed by atoms with van der Waals surface area (Å²) >= 11 is 0. The fourth-order valence-electron chi connectivity index (χ4n) is 2.07. The lowest BCUT2D eigenvalue weighted by atomic mass is 10.0. The van der Waals surface area contributed by atoms with Crippen LogP contribution in [0.3, 0.4) is 0 Å². The average molecular weight is 278 g/mol. The van der Waals surface area contributed by atoms with Gasteiger partial charge < -0.3 is 10.1 Å². The van der Waals surface area contributed by atoms with Gasteiger partial charge in [-0.25, -0.2) is 0 Å². The van der Waals surface area contributed by atoms with Gasteiger partial charge in [0.2, 0.25) is 0 Å². The van der Waals surface area contributed by atoms with Crippen LogP contribution >= 0.6 is 0 Å². The predicted octanol–water partition coefficient (Wildman–Crippen LogP) is 3.19. The van der Waals surface area contributed by atoms with E-state index in [4.69, 9.17) is 0 Å². The van der Waals surface area contributed by atoms with Gasteiger partial charge in [0.05, 0.1) is 0 Å². The molecule has 0 radical (unpaired) electrons. The van der Waals surface area contributed by atoms with Gasteiger partial charge in [-0.15, -0.1) is 0 Å². The standard InChI is InChI=1S/C15H16F2N2O/c1-18-13(10-11-6-4-5-9-19-11)12-7-2-3-8-14(12)20-15(16)17/h2-9,13,15,18H,10H2,1H3. The van der Waals surface area contributed by atoms with Crippen molar-refractivity contribution >= 4 is 0 Å². The van der Waals surface area contributed by atoms with Gasteiger partial charge in [-0.3, -0.25) is 4.98 Å². The second-order valence-corrected chi connectivity index (χ2v) is 4.28. The number of pyridine rings is 1. The minimum atomic E-state index is -2.83. The molecule has 0 saturated heterocycles. The Morgan fingerprint density at radius 1 is 1.15 bits per heavy atom. The molecule has 1 N–H and O–H groups in total. The molecule has 0 aliphatic heterocycles. The van der Waals surface area contributed by atoms with Crippen LogP contribution in [0.4, 0.5) is 8.78 Å². The number of ether oxygens (including phenoxy) is 1. The van der Waals surface area contributed by atoms with Crippen LogP contribution in [0.5, 0.6) is 5.75 Å². The highest BCUT2D eigenvalue weighted by Gasteiger charge is 2.17. The van der Waals surface area contributed by atoms with E-state index in [-0.39, 0.29) is 11.8 Å². The molecular weight excluding hydrogens is 262 g/mol. The SMILES string of the molecule is CNC(Cc1ccccn1)c1ccccc1OC(F)F. The molecule has 5 heteroatoms. The molecule has 20 heavy (non-hydrogen) atoms. The van der Waals surface area contributed by atoms with E-state index in [2.05, 4.69) is 15.0 Å². The number of halogens is 2. The Kier molecular flexibility index (Phi) is 5.01. The van der Waals surface area contributed by atoms with E-state index in [1.807, 2.05) is 18.2 Å². The molecule has 0 spiro atoms. The van der Waals surface area contributed by atoms with Crippen molar-refractivity contribution in [1.29, 1.82) is 0 Å². The molecule has 2 rings (SSSR count). The Balaban J connectivity index is 2.23. The van der Waals surface area contributed by atoms with Crippen LogP contribution < -0.4 is 10.1 Å². The number of hydrogen-bond donors (Lipinski definition) is 1. The van der Waals surface area contributed by atoms with Crippen molar-refractivity contribution in [2.45, 2.75) is 19.1 Å². The fraction of sp³-hybridized carbons (Fsp3) is 0.267. The number of benzene rings is 1. The molecular formula is C15H16F2N2O. The minimum absolute atomic E-state index is 0.139. The summed E-state index contributed by atoms with van der Waals surface area (Å²) in [6.45, 7) is -2.83. The molecule has 0 amide bonds. The Hall–Kier alpha value is -2.01. The normalized spacial score (nSPS) is 12.4. The Labute approximate surface area is 116 Å². The third-order valence-corrected chi connectivity index (χ3v) is 3.00. The lowest BCUT2D eigenvalue weighted by molar-refractivity contribution is -0.0507. The van der Waals surface area contributed by atoms with Crippen LogP contribution in [0.2, 0.25) is 0 Å². The number of para-hydroxylation sites is 1. The van der Waals surface area contributed by atoms with Crippen LogP contribution in [0.25, 0.3) is 0 Å². The quantitative estimate of drug-likeness (QED) is 0.881. The maximum atomic E-state index is 12.4. The van der Waals surface area contributed by atoms with E-state index in [1.165, 1.54) is 0 Å². The summed E-state index contributed by atoms with van der Waals surface area (Å²) in [6, 6.07) is 12.3. The summed E-state index contributed by atoms with van der Waals surface area (Å²) in [5.41, 5.74) is 1.58. The third kappa shape index (κ3) is 3.74. The maximum absolute atomic E-state index is 12.4. The molecule has 106 valence electrons. The number of likely N-dealkylation sites (N-methyl/N-ethyl adjacent to an activating group) is 1. The Bertz CT molecular complexity index is 534. The molecule has 0 fully saturated rings. The van der Waals surface area contributed by atoms with Crippen LogP contribution in [-0.4, -0.2) is 18.6 Å². The number of nitrogens with one attached hydrogen (secondary N) is 1. The second kappa shape index (κ2) is 6.96. The molecule has 0 aliphatic rings. The molecule has 0 bridgehead atoms. The number of alkyl halides is 2. The zero-order valence-corrected chi connectivity index (χ0v) is 11.1. The second-order valence-electron chi connectivity index (χ2n) is 4.28. The molecule has 0 aliphatic carbocycles. The maximum Gasteiger partial charge on any atom is 0.387 e. The number of rotatable bonds is 6. The predicted molar refractivity (Wildman–Crippen MR) is 72.8 cm³/mol. The van der Waals surface area contributed by atoms with E-state index >= 15 is 0 Å². The Morgan fingerprint density at radius 2 is 1.90 bits per heavy atom. The van der Waals surface area contributed by atoms with Crippen molar-refractivity contribution in [2.75, 3.05) is 7.05 Å². The highest BCUT2D eigenvalue weighted by atomic mass is 19.3. The summed E-state index contributed by atoms with van der Waals surface area (Å²) in [7, 11) is 1.78. The smallest absolute Gasteiger partial charge is 0.387 e.